The molecule has 0 aliphatic heterocycles. The number of nitrogens with zero attached hydrogens (tertiary/aromatic N) is 1. The van der Waals surface area contributed by atoms with Gasteiger partial charge in [-0.05, 0) is 55.5 Å². The topological polar surface area (TPSA) is 136 Å². The predicted octanol–water partition coefficient (Wildman–Crippen LogP) is 0.992. The van der Waals surface area contributed by atoms with E-state index in [0.29, 0.717) is 18.0 Å². The van der Waals surface area contributed by atoms with E-state index in [2.05, 4.69) is 5.32 Å². The van der Waals surface area contributed by atoms with Gasteiger partial charge >= 0.3 is 0 Å². The van der Waals surface area contributed by atoms with Crippen LogP contribution < -0.4 is 15.2 Å². The maximum atomic E-state index is 12.6. The lowest BCUT2D eigenvalue weighted by Gasteiger charge is -2.17. The number of carbonyl (C=O) groups is 1. The Labute approximate surface area is 164 Å². The van der Waals surface area contributed by atoms with E-state index < -0.39 is 32.5 Å². The molecule has 152 valence electrons. The number of anilines is 1. The SMILES string of the molecule is CCOc1ccc(S(=O)(=O)N(C)CC(=O)Nc2ccc(S(N)(=O)=O)cc2)cc1. The molecule has 0 aliphatic rings. The van der Waals surface area contributed by atoms with Gasteiger partial charge in [-0.2, -0.15) is 4.31 Å². The Hall–Kier alpha value is -2.47. The van der Waals surface area contributed by atoms with Crippen molar-refractivity contribution in [3.8, 4) is 5.75 Å². The molecular weight excluding hydrogens is 406 g/mol. The van der Waals surface area contributed by atoms with Crippen molar-refractivity contribution in [2.24, 2.45) is 5.14 Å². The smallest absolute Gasteiger partial charge is 0.243 e. The summed E-state index contributed by atoms with van der Waals surface area (Å²) in [4.78, 5) is 12.1. The average molecular weight is 428 g/mol. The van der Waals surface area contributed by atoms with E-state index in [0.717, 1.165) is 4.31 Å². The molecule has 2 rings (SSSR count). The summed E-state index contributed by atoms with van der Waals surface area (Å²) in [6, 6.07) is 11.1. The molecule has 0 aliphatic carbocycles. The summed E-state index contributed by atoms with van der Waals surface area (Å²) in [6.45, 7) is 1.86. The van der Waals surface area contributed by atoms with Gasteiger partial charge in [0, 0.05) is 12.7 Å². The molecule has 3 N–H and O–H groups in total. The number of sulfonamides is 2. The monoisotopic (exact) mass is 427 g/mol. The molecule has 0 saturated carbocycles. The van der Waals surface area contributed by atoms with Gasteiger partial charge in [0.15, 0.2) is 0 Å². The van der Waals surface area contributed by atoms with E-state index in [1.165, 1.54) is 55.6 Å². The summed E-state index contributed by atoms with van der Waals surface area (Å²) in [6.07, 6.45) is 0. The van der Waals surface area contributed by atoms with Crippen molar-refractivity contribution in [2.45, 2.75) is 16.7 Å². The number of nitrogens with two attached hydrogens (primary N) is 1. The van der Waals surface area contributed by atoms with Crippen molar-refractivity contribution in [1.29, 1.82) is 0 Å². The van der Waals surface area contributed by atoms with E-state index in [1.54, 1.807) is 0 Å². The maximum absolute atomic E-state index is 12.6. The standard InChI is InChI=1S/C17H21N3O6S2/c1-3-26-14-6-10-16(11-7-14)28(24,25)20(2)12-17(21)19-13-4-8-15(9-5-13)27(18,22)23/h4-11H,3,12H2,1-2H3,(H,19,21)(H2,18,22,23). The number of carbonyl (C=O) groups excluding carboxylic acids is 1. The Kier molecular flexibility index (Phi) is 6.77. The zero-order chi connectivity index (χ0) is 20.9. The zero-order valence-corrected chi connectivity index (χ0v) is 17.0. The van der Waals surface area contributed by atoms with Crippen LogP contribution in [0, 0.1) is 0 Å². The quantitative estimate of drug-likeness (QED) is 0.645. The average Bonchev–Trinajstić information content (AvgIpc) is 2.62. The lowest BCUT2D eigenvalue weighted by molar-refractivity contribution is -0.116. The normalized spacial score (nSPS) is 12.0. The number of benzene rings is 2. The molecule has 0 saturated heterocycles. The second-order valence-corrected chi connectivity index (χ2v) is 9.39. The number of hydrogen-bond donors (Lipinski definition) is 2. The minimum atomic E-state index is -3.86. The Morgan fingerprint density at radius 2 is 1.54 bits per heavy atom. The number of ether oxygens (including phenoxy) is 1. The second kappa shape index (κ2) is 8.69. The van der Waals surface area contributed by atoms with Crippen LogP contribution in [0.4, 0.5) is 5.69 Å². The van der Waals surface area contributed by atoms with Crippen molar-refractivity contribution in [3.05, 3.63) is 48.5 Å². The summed E-state index contributed by atoms with van der Waals surface area (Å²) in [5, 5.41) is 7.51. The third kappa shape index (κ3) is 5.52. The van der Waals surface area contributed by atoms with Gasteiger partial charge in [-0.25, -0.2) is 22.0 Å². The van der Waals surface area contributed by atoms with E-state index >= 15 is 0 Å². The van der Waals surface area contributed by atoms with Crippen LogP contribution in [0.5, 0.6) is 5.75 Å². The van der Waals surface area contributed by atoms with Crippen LogP contribution >= 0.6 is 0 Å². The molecule has 2 aromatic carbocycles. The van der Waals surface area contributed by atoms with Crippen LogP contribution in [-0.4, -0.2) is 47.2 Å². The van der Waals surface area contributed by atoms with Crippen LogP contribution in [0.15, 0.2) is 58.3 Å². The van der Waals surface area contributed by atoms with Crippen LogP contribution in [-0.2, 0) is 24.8 Å². The Balaban J connectivity index is 2.04. The highest BCUT2D eigenvalue weighted by Crippen LogP contribution is 2.19. The van der Waals surface area contributed by atoms with Gasteiger partial charge in [0.1, 0.15) is 5.75 Å². The molecule has 0 heterocycles. The predicted molar refractivity (Wildman–Crippen MR) is 104 cm³/mol. The molecule has 0 bridgehead atoms. The summed E-state index contributed by atoms with van der Waals surface area (Å²) in [7, 11) is -6.41. The summed E-state index contributed by atoms with van der Waals surface area (Å²) in [5.74, 6) is -0.0369. The Bertz CT molecular complexity index is 1030. The number of amides is 1. The molecule has 11 heteroatoms. The van der Waals surface area contributed by atoms with E-state index in [4.69, 9.17) is 9.88 Å². The van der Waals surface area contributed by atoms with Gasteiger partial charge in [0.2, 0.25) is 26.0 Å². The van der Waals surface area contributed by atoms with Crippen molar-refractivity contribution < 1.29 is 26.4 Å². The van der Waals surface area contributed by atoms with Crippen LogP contribution in [0.1, 0.15) is 6.92 Å². The van der Waals surface area contributed by atoms with Crippen LogP contribution in [0.25, 0.3) is 0 Å². The first-order chi connectivity index (χ1) is 13.0. The van der Waals surface area contributed by atoms with Gasteiger partial charge in [-0.1, -0.05) is 0 Å². The largest absolute Gasteiger partial charge is 0.494 e. The molecule has 1 amide bonds. The first-order valence-electron chi connectivity index (χ1n) is 8.16. The fraction of sp³-hybridized carbons (Fsp3) is 0.235. The molecule has 9 nitrogen and oxygen atoms in total. The molecule has 2 aromatic rings. The van der Waals surface area contributed by atoms with Crippen molar-refractivity contribution in [3.63, 3.8) is 0 Å². The van der Waals surface area contributed by atoms with Crippen molar-refractivity contribution in [2.75, 3.05) is 25.5 Å². The number of likely N-dealkylation sites (N-methyl/N-ethyl adjacent to an activating group) is 1. The van der Waals surface area contributed by atoms with E-state index in [1.807, 2.05) is 6.92 Å². The maximum Gasteiger partial charge on any atom is 0.243 e. The summed E-state index contributed by atoms with van der Waals surface area (Å²) < 4.78 is 53.8. The first-order valence-corrected chi connectivity index (χ1v) is 11.1. The fourth-order valence-corrected chi connectivity index (χ4v) is 3.91. The van der Waals surface area contributed by atoms with Gasteiger partial charge in [-0.15, -0.1) is 0 Å². The number of nitrogens with one attached hydrogen (secondary N) is 1. The lowest BCUT2D eigenvalue weighted by Crippen LogP contribution is -2.34. The fourth-order valence-electron chi connectivity index (χ4n) is 2.27. The molecular formula is C17H21N3O6S2. The molecule has 0 atom stereocenters. The first kappa shape index (κ1) is 21.8. The van der Waals surface area contributed by atoms with Gasteiger partial charge < -0.3 is 10.1 Å². The van der Waals surface area contributed by atoms with E-state index in [-0.39, 0.29) is 9.79 Å². The summed E-state index contributed by atoms with van der Waals surface area (Å²) >= 11 is 0. The molecule has 28 heavy (non-hydrogen) atoms. The molecule has 0 fully saturated rings. The highest BCUT2D eigenvalue weighted by Gasteiger charge is 2.23. The van der Waals surface area contributed by atoms with Crippen LogP contribution in [0.2, 0.25) is 0 Å². The third-order valence-electron chi connectivity index (χ3n) is 3.68. The number of hydrogen-bond acceptors (Lipinski definition) is 6. The minimum Gasteiger partial charge on any atom is -0.494 e. The molecule has 0 radical (unpaired) electrons. The lowest BCUT2D eigenvalue weighted by atomic mass is 10.3. The molecule has 0 spiro atoms. The Morgan fingerprint density at radius 1 is 1.00 bits per heavy atom. The van der Waals surface area contributed by atoms with Gasteiger partial charge in [-0.3, -0.25) is 4.79 Å². The number of rotatable bonds is 8. The molecule has 0 unspecified atom stereocenters. The van der Waals surface area contributed by atoms with Crippen molar-refractivity contribution in [1.82, 2.24) is 4.31 Å². The van der Waals surface area contributed by atoms with E-state index in [9.17, 15) is 21.6 Å². The highest BCUT2D eigenvalue weighted by atomic mass is 32.2. The molecule has 0 aromatic heterocycles. The summed E-state index contributed by atoms with van der Waals surface area (Å²) in [5.41, 5.74) is 0.310. The van der Waals surface area contributed by atoms with Gasteiger partial charge in [0.05, 0.1) is 22.9 Å². The minimum absolute atomic E-state index is 0.0313. The Morgan fingerprint density at radius 3 is 2.04 bits per heavy atom. The highest BCUT2D eigenvalue weighted by molar-refractivity contribution is 7.89. The van der Waals surface area contributed by atoms with Crippen LogP contribution in [0.3, 0.4) is 0 Å². The third-order valence-corrected chi connectivity index (χ3v) is 6.42. The van der Waals surface area contributed by atoms with Crippen molar-refractivity contribution >= 4 is 31.6 Å². The zero-order valence-electron chi connectivity index (χ0n) is 15.3. The second-order valence-electron chi connectivity index (χ2n) is 5.78. The van der Waals surface area contributed by atoms with Gasteiger partial charge in [0.25, 0.3) is 0 Å². The number of primary sulfonamides is 1.